The molecular weight excluding hydrogens is 276 g/mol. The number of halogens is 1. The molecule has 0 spiro atoms. The summed E-state index contributed by atoms with van der Waals surface area (Å²) in [5, 5.41) is 0. The van der Waals surface area contributed by atoms with E-state index < -0.39 is 0 Å². The second-order valence-electron chi connectivity index (χ2n) is 3.84. The Bertz CT molecular complexity index is 546. The monoisotopic (exact) mass is 288 g/mol. The van der Waals surface area contributed by atoms with Crippen molar-refractivity contribution in [3.63, 3.8) is 0 Å². The molecule has 17 heavy (non-hydrogen) atoms. The summed E-state index contributed by atoms with van der Waals surface area (Å²) in [7, 11) is 0. The van der Waals surface area contributed by atoms with E-state index in [1.807, 2.05) is 55.5 Å². The van der Waals surface area contributed by atoms with Crippen LogP contribution >= 0.6 is 15.9 Å². The summed E-state index contributed by atoms with van der Waals surface area (Å²) in [6.45, 7) is 1.88. The Labute approximate surface area is 110 Å². The first-order valence-corrected chi connectivity index (χ1v) is 6.40. The van der Waals surface area contributed by atoms with Crippen LogP contribution in [0.1, 0.15) is 23.7 Å². The maximum atomic E-state index is 11.7. The molecule has 0 saturated heterocycles. The van der Waals surface area contributed by atoms with Crippen molar-refractivity contribution in [3.05, 3.63) is 58.6 Å². The van der Waals surface area contributed by atoms with Crippen molar-refractivity contribution >= 4 is 21.7 Å². The number of hydrogen-bond acceptors (Lipinski definition) is 1. The Kier molecular flexibility index (Phi) is 3.75. The van der Waals surface area contributed by atoms with Crippen molar-refractivity contribution in [2.24, 2.45) is 0 Å². The van der Waals surface area contributed by atoms with Gasteiger partial charge in [0.1, 0.15) is 0 Å². The van der Waals surface area contributed by atoms with E-state index in [0.29, 0.717) is 6.42 Å². The SMILES string of the molecule is CCC(=O)c1cccc(-c2ccccc2Br)c1. The molecular formula is C15H13BrO. The molecule has 0 aliphatic heterocycles. The van der Waals surface area contributed by atoms with Gasteiger partial charge in [-0.25, -0.2) is 0 Å². The molecule has 0 bridgehead atoms. The fourth-order valence-corrected chi connectivity index (χ4v) is 2.27. The predicted molar refractivity (Wildman–Crippen MR) is 74.2 cm³/mol. The van der Waals surface area contributed by atoms with E-state index in [-0.39, 0.29) is 5.78 Å². The molecule has 2 aromatic carbocycles. The van der Waals surface area contributed by atoms with Crippen molar-refractivity contribution in [1.29, 1.82) is 0 Å². The van der Waals surface area contributed by atoms with Crippen LogP contribution in [0.3, 0.4) is 0 Å². The van der Waals surface area contributed by atoms with Gasteiger partial charge in [-0.3, -0.25) is 4.79 Å². The molecule has 0 saturated carbocycles. The molecule has 0 unspecified atom stereocenters. The van der Waals surface area contributed by atoms with Crippen molar-refractivity contribution < 1.29 is 4.79 Å². The minimum absolute atomic E-state index is 0.180. The summed E-state index contributed by atoms with van der Waals surface area (Å²) in [5.41, 5.74) is 2.95. The molecule has 2 rings (SSSR count). The topological polar surface area (TPSA) is 17.1 Å². The van der Waals surface area contributed by atoms with Gasteiger partial charge in [0.05, 0.1) is 0 Å². The highest BCUT2D eigenvalue weighted by Gasteiger charge is 2.06. The van der Waals surface area contributed by atoms with Crippen LogP contribution in [0.5, 0.6) is 0 Å². The van der Waals surface area contributed by atoms with Crippen LogP contribution in [0, 0.1) is 0 Å². The van der Waals surface area contributed by atoms with Gasteiger partial charge >= 0.3 is 0 Å². The Morgan fingerprint density at radius 2 is 1.88 bits per heavy atom. The van der Waals surface area contributed by atoms with Crippen LogP contribution < -0.4 is 0 Å². The predicted octanol–water partition coefficient (Wildman–Crippen LogP) is 4.71. The highest BCUT2D eigenvalue weighted by atomic mass is 79.9. The zero-order valence-corrected chi connectivity index (χ0v) is 11.2. The first-order valence-electron chi connectivity index (χ1n) is 5.60. The number of benzene rings is 2. The fourth-order valence-electron chi connectivity index (χ4n) is 1.76. The molecule has 0 atom stereocenters. The van der Waals surface area contributed by atoms with Gasteiger partial charge in [0.15, 0.2) is 5.78 Å². The molecule has 2 heteroatoms. The third kappa shape index (κ3) is 2.64. The number of Topliss-reactive ketones (excluding diaryl/α,β-unsaturated/α-hetero) is 1. The van der Waals surface area contributed by atoms with Crippen LogP contribution in [0.2, 0.25) is 0 Å². The highest BCUT2D eigenvalue weighted by Crippen LogP contribution is 2.28. The number of rotatable bonds is 3. The maximum Gasteiger partial charge on any atom is 0.162 e. The van der Waals surface area contributed by atoms with Crippen LogP contribution in [-0.4, -0.2) is 5.78 Å². The number of ketones is 1. The second-order valence-corrected chi connectivity index (χ2v) is 4.69. The Balaban J connectivity index is 2.47. The van der Waals surface area contributed by atoms with Gasteiger partial charge in [-0.2, -0.15) is 0 Å². The summed E-state index contributed by atoms with van der Waals surface area (Å²) in [5.74, 6) is 0.180. The smallest absolute Gasteiger partial charge is 0.162 e. The van der Waals surface area contributed by atoms with E-state index in [0.717, 1.165) is 21.2 Å². The highest BCUT2D eigenvalue weighted by molar-refractivity contribution is 9.10. The summed E-state index contributed by atoms with van der Waals surface area (Å²) in [4.78, 5) is 11.7. The summed E-state index contributed by atoms with van der Waals surface area (Å²) < 4.78 is 1.04. The molecule has 0 aromatic heterocycles. The van der Waals surface area contributed by atoms with E-state index in [1.54, 1.807) is 0 Å². The third-order valence-corrected chi connectivity index (χ3v) is 3.38. The molecule has 2 aromatic rings. The van der Waals surface area contributed by atoms with E-state index in [1.165, 1.54) is 0 Å². The molecule has 0 radical (unpaired) electrons. The third-order valence-electron chi connectivity index (χ3n) is 2.69. The molecule has 1 nitrogen and oxygen atoms in total. The van der Waals surface area contributed by atoms with Crippen LogP contribution in [-0.2, 0) is 0 Å². The van der Waals surface area contributed by atoms with Crippen molar-refractivity contribution in [2.75, 3.05) is 0 Å². The summed E-state index contributed by atoms with van der Waals surface area (Å²) >= 11 is 3.53. The van der Waals surface area contributed by atoms with Crippen LogP contribution in [0.4, 0.5) is 0 Å². The average molecular weight is 289 g/mol. The van der Waals surface area contributed by atoms with Crippen molar-refractivity contribution in [1.82, 2.24) is 0 Å². The van der Waals surface area contributed by atoms with E-state index in [9.17, 15) is 4.79 Å². The molecule has 86 valence electrons. The molecule has 0 fully saturated rings. The molecule has 0 aliphatic carbocycles. The van der Waals surface area contributed by atoms with Gasteiger partial charge in [-0.05, 0) is 23.3 Å². The normalized spacial score (nSPS) is 10.2. The van der Waals surface area contributed by atoms with E-state index in [4.69, 9.17) is 0 Å². The lowest BCUT2D eigenvalue weighted by molar-refractivity contribution is 0.0988. The molecule has 0 heterocycles. The van der Waals surface area contributed by atoms with Crippen molar-refractivity contribution in [2.45, 2.75) is 13.3 Å². The zero-order chi connectivity index (χ0) is 12.3. The average Bonchev–Trinajstić information content (AvgIpc) is 2.38. The van der Waals surface area contributed by atoms with Crippen LogP contribution in [0.25, 0.3) is 11.1 Å². The molecule has 0 amide bonds. The molecule has 0 aliphatic rings. The van der Waals surface area contributed by atoms with Gasteiger partial charge in [0.2, 0.25) is 0 Å². The lowest BCUT2D eigenvalue weighted by Crippen LogP contribution is -1.96. The standard InChI is InChI=1S/C15H13BrO/c1-2-15(17)12-7-5-6-11(10-12)13-8-3-4-9-14(13)16/h3-10H,2H2,1H3. The minimum atomic E-state index is 0.180. The lowest BCUT2D eigenvalue weighted by Gasteiger charge is -2.06. The fraction of sp³-hybridized carbons (Fsp3) is 0.133. The number of hydrogen-bond donors (Lipinski definition) is 0. The zero-order valence-electron chi connectivity index (χ0n) is 9.61. The van der Waals surface area contributed by atoms with Gasteiger partial charge in [0, 0.05) is 16.5 Å². The molecule has 0 N–H and O–H groups in total. The van der Waals surface area contributed by atoms with Gasteiger partial charge in [-0.15, -0.1) is 0 Å². The lowest BCUT2D eigenvalue weighted by atomic mass is 10.0. The summed E-state index contributed by atoms with van der Waals surface area (Å²) in [6.07, 6.45) is 0.541. The van der Waals surface area contributed by atoms with Crippen molar-refractivity contribution in [3.8, 4) is 11.1 Å². The minimum Gasteiger partial charge on any atom is -0.294 e. The van der Waals surface area contributed by atoms with Gasteiger partial charge in [-0.1, -0.05) is 59.3 Å². The summed E-state index contributed by atoms with van der Waals surface area (Å²) in [6, 6.07) is 15.8. The van der Waals surface area contributed by atoms with Crippen LogP contribution in [0.15, 0.2) is 53.0 Å². The Hall–Kier alpha value is -1.41. The largest absolute Gasteiger partial charge is 0.294 e. The van der Waals surface area contributed by atoms with E-state index >= 15 is 0 Å². The number of carbonyl (C=O) groups excluding carboxylic acids is 1. The first kappa shape index (κ1) is 12.1. The number of carbonyl (C=O) groups is 1. The maximum absolute atomic E-state index is 11.7. The van der Waals surface area contributed by atoms with Gasteiger partial charge < -0.3 is 0 Å². The first-order chi connectivity index (χ1) is 8.22. The van der Waals surface area contributed by atoms with Gasteiger partial charge in [0.25, 0.3) is 0 Å². The second kappa shape index (κ2) is 5.28. The Morgan fingerprint density at radius 3 is 2.59 bits per heavy atom. The Morgan fingerprint density at radius 1 is 1.12 bits per heavy atom. The van der Waals surface area contributed by atoms with E-state index in [2.05, 4.69) is 15.9 Å². The quantitative estimate of drug-likeness (QED) is 0.748.